The van der Waals surface area contributed by atoms with E-state index in [-0.39, 0.29) is 11.9 Å². The smallest absolute Gasteiger partial charge is 0.239 e. The molecule has 1 aliphatic rings. The first-order valence-electron chi connectivity index (χ1n) is 7.31. The zero-order valence-corrected chi connectivity index (χ0v) is 13.0. The molecule has 0 spiro atoms. The molecule has 1 atom stereocenters. The molecule has 2 heterocycles. The monoisotopic (exact) mass is 300 g/mol. The predicted octanol–water partition coefficient (Wildman–Crippen LogP) is 2.46. The minimum atomic E-state index is -0.0896. The van der Waals surface area contributed by atoms with Crippen LogP contribution in [0.3, 0.4) is 0 Å². The van der Waals surface area contributed by atoms with Crippen LogP contribution in [0.4, 0.5) is 0 Å². The van der Waals surface area contributed by atoms with Gasteiger partial charge in [0.2, 0.25) is 5.91 Å². The molecular formula is C17H20N2OS. The largest absolute Gasteiger partial charge is 0.344 e. The van der Waals surface area contributed by atoms with E-state index in [2.05, 4.69) is 41.0 Å². The lowest BCUT2D eigenvalue weighted by Crippen LogP contribution is -2.48. The molecule has 0 bridgehead atoms. The summed E-state index contributed by atoms with van der Waals surface area (Å²) in [7, 11) is 1.90. The molecule has 1 amide bonds. The molecule has 0 fully saturated rings. The Kier molecular flexibility index (Phi) is 4.36. The number of hydrogen-bond donors (Lipinski definition) is 1. The molecule has 1 N–H and O–H groups in total. The summed E-state index contributed by atoms with van der Waals surface area (Å²) in [5.74, 6) is 0.195. The Morgan fingerprint density at radius 2 is 2.10 bits per heavy atom. The third-order valence-corrected chi connectivity index (χ3v) is 4.97. The van der Waals surface area contributed by atoms with Crippen LogP contribution < -0.4 is 5.32 Å². The van der Waals surface area contributed by atoms with E-state index in [4.69, 9.17) is 0 Å². The molecule has 21 heavy (non-hydrogen) atoms. The van der Waals surface area contributed by atoms with Gasteiger partial charge in [0.15, 0.2) is 0 Å². The van der Waals surface area contributed by atoms with Gasteiger partial charge in [0, 0.05) is 25.0 Å². The lowest BCUT2D eigenvalue weighted by atomic mass is 9.95. The zero-order chi connectivity index (χ0) is 14.7. The van der Waals surface area contributed by atoms with Crippen LogP contribution in [-0.4, -0.2) is 30.4 Å². The van der Waals surface area contributed by atoms with Crippen molar-refractivity contribution in [3.63, 3.8) is 0 Å². The minimum absolute atomic E-state index is 0.0896. The van der Waals surface area contributed by atoms with Crippen LogP contribution in [0.25, 0.3) is 0 Å². The molecule has 3 nitrogen and oxygen atoms in total. The van der Waals surface area contributed by atoms with Gasteiger partial charge in [-0.3, -0.25) is 4.79 Å². The van der Waals surface area contributed by atoms with Crippen molar-refractivity contribution in [2.75, 3.05) is 13.6 Å². The normalized spacial score (nSPS) is 17.3. The van der Waals surface area contributed by atoms with Crippen LogP contribution in [0.1, 0.15) is 16.0 Å². The van der Waals surface area contributed by atoms with Crippen molar-refractivity contribution in [3.05, 3.63) is 57.8 Å². The molecule has 4 heteroatoms. The number of likely N-dealkylation sites (N-methyl/N-ethyl adjacent to an activating group) is 1. The number of thiophene rings is 1. The van der Waals surface area contributed by atoms with Gasteiger partial charge in [-0.15, -0.1) is 11.3 Å². The fourth-order valence-corrected chi connectivity index (χ4v) is 3.44. The average Bonchev–Trinajstić information content (AvgIpc) is 3.05. The van der Waals surface area contributed by atoms with Gasteiger partial charge < -0.3 is 10.2 Å². The maximum atomic E-state index is 12.5. The second kappa shape index (κ2) is 6.41. The fraction of sp³-hybridized carbons (Fsp3) is 0.353. The molecule has 1 unspecified atom stereocenters. The third-order valence-electron chi connectivity index (χ3n) is 4.03. The Bertz CT molecular complexity index is 609. The van der Waals surface area contributed by atoms with E-state index >= 15 is 0 Å². The Morgan fingerprint density at radius 1 is 1.29 bits per heavy atom. The average molecular weight is 300 g/mol. The van der Waals surface area contributed by atoms with Gasteiger partial charge in [0.25, 0.3) is 0 Å². The number of nitrogens with zero attached hydrogens (tertiary/aromatic N) is 1. The summed E-state index contributed by atoms with van der Waals surface area (Å²) in [6.07, 6.45) is 1.72. The van der Waals surface area contributed by atoms with E-state index in [0.29, 0.717) is 0 Å². The molecule has 1 aromatic carbocycles. The first-order valence-corrected chi connectivity index (χ1v) is 8.19. The first-order chi connectivity index (χ1) is 10.2. The molecule has 0 aliphatic carbocycles. The summed E-state index contributed by atoms with van der Waals surface area (Å²) >= 11 is 1.75. The predicted molar refractivity (Wildman–Crippen MR) is 86.4 cm³/mol. The van der Waals surface area contributed by atoms with Crippen molar-refractivity contribution in [1.82, 2.24) is 10.2 Å². The number of nitrogens with one attached hydrogen (secondary N) is 1. The van der Waals surface area contributed by atoms with Crippen molar-refractivity contribution < 1.29 is 4.79 Å². The molecule has 2 aromatic rings. The summed E-state index contributed by atoms with van der Waals surface area (Å²) in [5.41, 5.74) is 2.60. The van der Waals surface area contributed by atoms with Crippen LogP contribution >= 0.6 is 11.3 Å². The molecule has 1 aromatic heterocycles. The van der Waals surface area contributed by atoms with Gasteiger partial charge in [-0.2, -0.15) is 0 Å². The van der Waals surface area contributed by atoms with E-state index in [0.717, 1.165) is 25.9 Å². The quantitative estimate of drug-likeness (QED) is 0.941. The highest BCUT2D eigenvalue weighted by atomic mass is 32.1. The molecule has 3 rings (SSSR count). The summed E-state index contributed by atoms with van der Waals surface area (Å²) in [6, 6.07) is 12.4. The van der Waals surface area contributed by atoms with Crippen LogP contribution in [0.15, 0.2) is 41.8 Å². The Morgan fingerprint density at radius 3 is 2.86 bits per heavy atom. The molecule has 0 radical (unpaired) electrons. The van der Waals surface area contributed by atoms with E-state index in [9.17, 15) is 4.79 Å². The molecular weight excluding hydrogens is 280 g/mol. The highest BCUT2D eigenvalue weighted by Gasteiger charge is 2.26. The van der Waals surface area contributed by atoms with Gasteiger partial charge in [-0.1, -0.05) is 30.3 Å². The second-order valence-electron chi connectivity index (χ2n) is 5.50. The summed E-state index contributed by atoms with van der Waals surface area (Å²) in [6.45, 7) is 1.56. The van der Waals surface area contributed by atoms with Crippen molar-refractivity contribution >= 4 is 17.2 Å². The minimum Gasteiger partial charge on any atom is -0.344 e. The van der Waals surface area contributed by atoms with Gasteiger partial charge in [-0.25, -0.2) is 0 Å². The lowest BCUT2D eigenvalue weighted by Gasteiger charge is -2.29. The van der Waals surface area contributed by atoms with Crippen molar-refractivity contribution in [2.45, 2.75) is 25.4 Å². The fourth-order valence-electron chi connectivity index (χ4n) is 2.74. The number of amides is 1. The van der Waals surface area contributed by atoms with Gasteiger partial charge in [-0.05, 0) is 35.4 Å². The molecule has 0 saturated heterocycles. The summed E-state index contributed by atoms with van der Waals surface area (Å²) in [4.78, 5) is 15.7. The van der Waals surface area contributed by atoms with Crippen LogP contribution in [0.5, 0.6) is 0 Å². The maximum Gasteiger partial charge on any atom is 0.239 e. The number of rotatable bonds is 4. The second-order valence-corrected chi connectivity index (χ2v) is 6.53. The van der Waals surface area contributed by atoms with Gasteiger partial charge in [0.05, 0.1) is 6.04 Å². The molecule has 0 saturated carbocycles. The Balaban J connectivity index is 1.58. The van der Waals surface area contributed by atoms with Crippen LogP contribution in [-0.2, 0) is 24.2 Å². The highest BCUT2D eigenvalue weighted by molar-refractivity contribution is 7.09. The number of benzene rings is 1. The van der Waals surface area contributed by atoms with E-state index in [1.807, 2.05) is 18.0 Å². The van der Waals surface area contributed by atoms with Gasteiger partial charge in [0.1, 0.15) is 0 Å². The SMILES string of the molecule is CN(CCc1cccs1)C(=O)C1Cc2ccccc2CN1. The third kappa shape index (κ3) is 3.34. The van der Waals surface area contributed by atoms with E-state index in [1.165, 1.54) is 16.0 Å². The topological polar surface area (TPSA) is 32.3 Å². The van der Waals surface area contributed by atoms with Crippen molar-refractivity contribution in [3.8, 4) is 0 Å². The zero-order valence-electron chi connectivity index (χ0n) is 12.2. The van der Waals surface area contributed by atoms with E-state index < -0.39 is 0 Å². The first kappa shape index (κ1) is 14.3. The molecule has 1 aliphatic heterocycles. The van der Waals surface area contributed by atoms with Gasteiger partial charge >= 0.3 is 0 Å². The van der Waals surface area contributed by atoms with Crippen molar-refractivity contribution in [1.29, 1.82) is 0 Å². The Hall–Kier alpha value is -1.65. The lowest BCUT2D eigenvalue weighted by molar-refractivity contribution is -0.132. The van der Waals surface area contributed by atoms with Crippen LogP contribution in [0, 0.1) is 0 Å². The number of carbonyl (C=O) groups is 1. The molecule has 110 valence electrons. The summed E-state index contributed by atoms with van der Waals surface area (Å²) < 4.78 is 0. The maximum absolute atomic E-state index is 12.5. The summed E-state index contributed by atoms with van der Waals surface area (Å²) in [5, 5.41) is 5.44. The van der Waals surface area contributed by atoms with E-state index in [1.54, 1.807) is 11.3 Å². The van der Waals surface area contributed by atoms with Crippen LogP contribution in [0.2, 0.25) is 0 Å². The highest BCUT2D eigenvalue weighted by Crippen LogP contribution is 2.17. The number of fused-ring (bicyclic) bond motifs is 1. The Labute approximate surface area is 129 Å². The standard InChI is InChI=1S/C17H20N2OS/c1-19(9-8-15-7-4-10-21-15)17(20)16-11-13-5-2-3-6-14(13)12-18-16/h2-7,10,16,18H,8-9,11-12H2,1H3. The number of hydrogen-bond acceptors (Lipinski definition) is 3. The van der Waals surface area contributed by atoms with Crippen molar-refractivity contribution in [2.24, 2.45) is 0 Å². The number of carbonyl (C=O) groups excluding carboxylic acids is 1.